The number of carbonyl (C=O) groups excluding carboxylic acids is 2. The van der Waals surface area contributed by atoms with Crippen LogP contribution in [0.25, 0.3) is 0 Å². The first-order valence-electron chi connectivity index (χ1n) is 6.97. The number of nitrogens with zero attached hydrogens (tertiary/aromatic N) is 1. The van der Waals surface area contributed by atoms with Crippen LogP contribution in [0.15, 0.2) is 36.4 Å². The minimum absolute atomic E-state index is 0.388. The molecule has 0 bridgehead atoms. The monoisotopic (exact) mass is 318 g/mol. The normalized spacial score (nSPS) is 20.3. The third-order valence-corrected chi connectivity index (χ3v) is 3.49. The van der Waals surface area contributed by atoms with Crippen LogP contribution in [-0.4, -0.2) is 41.1 Å². The predicted molar refractivity (Wildman–Crippen MR) is 82.0 cm³/mol. The third kappa shape index (κ3) is 3.33. The molecule has 7 nitrogen and oxygen atoms in total. The van der Waals surface area contributed by atoms with Crippen LogP contribution in [0.3, 0.4) is 0 Å². The first-order valence-corrected chi connectivity index (χ1v) is 6.97. The molecule has 1 heterocycles. The molecule has 0 saturated carbocycles. The summed E-state index contributed by atoms with van der Waals surface area (Å²) < 4.78 is 5.48. The van der Waals surface area contributed by atoms with Crippen molar-refractivity contribution in [2.24, 2.45) is 0 Å². The zero-order valence-electron chi connectivity index (χ0n) is 13.0. The number of nitrogens with one attached hydrogen (secondary N) is 1. The molecule has 1 aromatic carbocycles. The van der Waals surface area contributed by atoms with E-state index in [1.165, 1.54) is 0 Å². The van der Waals surface area contributed by atoms with Gasteiger partial charge in [0.05, 0.1) is 0 Å². The second-order valence-corrected chi connectivity index (χ2v) is 5.61. The lowest BCUT2D eigenvalue weighted by atomic mass is 9.92. The molecule has 122 valence electrons. The minimum Gasteiger partial charge on any atom is -0.489 e. The third-order valence-electron chi connectivity index (χ3n) is 3.49. The van der Waals surface area contributed by atoms with Gasteiger partial charge in [0.2, 0.25) is 0 Å². The molecule has 0 aliphatic carbocycles. The fourth-order valence-electron chi connectivity index (χ4n) is 2.26. The number of hydrogen-bond donors (Lipinski definition) is 2. The highest BCUT2D eigenvalue weighted by molar-refractivity contribution is 6.08. The minimum atomic E-state index is -1.29. The molecule has 2 N–H and O–H groups in total. The molecule has 0 radical (unpaired) electrons. The number of carboxylic acids is 1. The summed E-state index contributed by atoms with van der Waals surface area (Å²) in [4.78, 5) is 35.7. The van der Waals surface area contributed by atoms with Gasteiger partial charge in [-0.05, 0) is 37.1 Å². The van der Waals surface area contributed by atoms with Gasteiger partial charge >= 0.3 is 12.0 Å². The number of benzene rings is 1. The second kappa shape index (κ2) is 6.12. The van der Waals surface area contributed by atoms with Crippen molar-refractivity contribution in [2.75, 3.05) is 13.2 Å². The van der Waals surface area contributed by atoms with Gasteiger partial charge < -0.3 is 15.2 Å². The largest absolute Gasteiger partial charge is 0.489 e. The molecule has 1 aromatic rings. The van der Waals surface area contributed by atoms with Gasteiger partial charge in [-0.2, -0.15) is 0 Å². The maximum absolute atomic E-state index is 12.4. The molecular weight excluding hydrogens is 300 g/mol. The predicted octanol–water partition coefficient (Wildman–Crippen LogP) is 1.49. The molecule has 0 spiro atoms. The van der Waals surface area contributed by atoms with Crippen LogP contribution in [0.5, 0.6) is 5.75 Å². The van der Waals surface area contributed by atoms with Crippen molar-refractivity contribution < 1.29 is 24.2 Å². The molecule has 1 aliphatic heterocycles. The lowest BCUT2D eigenvalue weighted by Crippen LogP contribution is -2.41. The Morgan fingerprint density at radius 3 is 2.48 bits per heavy atom. The molecule has 3 amide bonds. The molecular formula is C16H18N2O5. The molecule has 0 aromatic heterocycles. The maximum atomic E-state index is 12.4. The van der Waals surface area contributed by atoms with Gasteiger partial charge in [-0.1, -0.05) is 18.7 Å². The maximum Gasteiger partial charge on any atom is 0.325 e. The van der Waals surface area contributed by atoms with E-state index in [4.69, 9.17) is 9.84 Å². The molecule has 7 heteroatoms. The lowest BCUT2D eigenvalue weighted by Gasteiger charge is -2.22. The van der Waals surface area contributed by atoms with Crippen LogP contribution in [0.1, 0.15) is 19.4 Å². The fraction of sp³-hybridized carbons (Fsp3) is 0.312. The Hall–Kier alpha value is -2.83. The second-order valence-electron chi connectivity index (χ2n) is 5.61. The molecule has 1 aliphatic rings. The van der Waals surface area contributed by atoms with Gasteiger partial charge in [-0.3, -0.25) is 14.5 Å². The first-order chi connectivity index (χ1) is 10.7. The SMILES string of the molecule is C=C(C)COc1ccc([C@@]2(C)NC(=O)N(CC(=O)O)C2=O)cc1. The van der Waals surface area contributed by atoms with Gasteiger partial charge in [0.25, 0.3) is 5.91 Å². The van der Waals surface area contributed by atoms with Crippen LogP contribution in [0.4, 0.5) is 4.79 Å². The molecule has 1 saturated heterocycles. The van der Waals surface area contributed by atoms with E-state index in [-0.39, 0.29) is 0 Å². The molecule has 2 rings (SSSR count). The van der Waals surface area contributed by atoms with Crippen LogP contribution < -0.4 is 10.1 Å². The van der Waals surface area contributed by atoms with E-state index >= 15 is 0 Å². The standard InChI is InChI=1S/C16H18N2O5/c1-10(2)9-23-12-6-4-11(5-7-12)16(3)14(21)18(8-13(19)20)15(22)17-16/h4-7H,1,8-9H2,2-3H3,(H,17,22)(H,19,20)/t16-/m1/s1. The highest BCUT2D eigenvalue weighted by Crippen LogP contribution is 2.29. The van der Waals surface area contributed by atoms with Crippen molar-refractivity contribution in [2.45, 2.75) is 19.4 Å². The summed E-state index contributed by atoms with van der Waals surface area (Å²) >= 11 is 0. The summed E-state index contributed by atoms with van der Waals surface area (Å²) in [6.45, 7) is 6.85. The number of carbonyl (C=O) groups is 3. The number of imide groups is 1. The zero-order valence-corrected chi connectivity index (χ0v) is 13.0. The molecule has 1 fully saturated rings. The first kappa shape index (κ1) is 16.5. The van der Waals surface area contributed by atoms with Crippen molar-refractivity contribution in [3.05, 3.63) is 42.0 Å². The van der Waals surface area contributed by atoms with E-state index < -0.39 is 30.0 Å². The number of rotatable bonds is 6. The van der Waals surface area contributed by atoms with E-state index in [1.807, 2.05) is 6.92 Å². The summed E-state index contributed by atoms with van der Waals surface area (Å²) in [5.74, 6) is -1.23. The van der Waals surface area contributed by atoms with Gasteiger partial charge in [0, 0.05) is 0 Å². The van der Waals surface area contributed by atoms with Crippen molar-refractivity contribution in [3.63, 3.8) is 0 Å². The highest BCUT2D eigenvalue weighted by Gasteiger charge is 2.49. The molecule has 1 atom stereocenters. The summed E-state index contributed by atoms with van der Waals surface area (Å²) in [6.07, 6.45) is 0. The number of amides is 3. The average molecular weight is 318 g/mol. The molecule has 23 heavy (non-hydrogen) atoms. The van der Waals surface area contributed by atoms with Gasteiger partial charge in [0.1, 0.15) is 24.4 Å². The Morgan fingerprint density at radius 1 is 1.35 bits per heavy atom. The number of urea groups is 1. The van der Waals surface area contributed by atoms with Crippen LogP contribution in [0, 0.1) is 0 Å². The summed E-state index contributed by atoms with van der Waals surface area (Å²) in [7, 11) is 0. The van der Waals surface area contributed by atoms with Gasteiger partial charge in [0.15, 0.2) is 0 Å². The Labute approximate surface area is 133 Å². The van der Waals surface area contributed by atoms with E-state index in [9.17, 15) is 14.4 Å². The van der Waals surface area contributed by atoms with E-state index in [2.05, 4.69) is 11.9 Å². The van der Waals surface area contributed by atoms with Crippen molar-refractivity contribution >= 4 is 17.9 Å². The number of aliphatic carboxylic acids is 1. The smallest absolute Gasteiger partial charge is 0.325 e. The summed E-state index contributed by atoms with van der Waals surface area (Å²) in [6, 6.07) is 5.97. The molecule has 0 unspecified atom stereocenters. The fourth-order valence-corrected chi connectivity index (χ4v) is 2.26. The number of ether oxygens (including phenoxy) is 1. The summed E-state index contributed by atoms with van der Waals surface area (Å²) in [5.41, 5.74) is 0.134. The Morgan fingerprint density at radius 2 is 1.96 bits per heavy atom. The van der Waals surface area contributed by atoms with Gasteiger partial charge in [-0.25, -0.2) is 4.79 Å². The van der Waals surface area contributed by atoms with Crippen molar-refractivity contribution in [3.8, 4) is 5.75 Å². The number of hydrogen-bond acceptors (Lipinski definition) is 4. The summed E-state index contributed by atoms with van der Waals surface area (Å²) in [5, 5.41) is 11.3. The van der Waals surface area contributed by atoms with Crippen LogP contribution in [-0.2, 0) is 15.1 Å². The van der Waals surface area contributed by atoms with E-state index in [0.717, 1.165) is 5.57 Å². The van der Waals surface area contributed by atoms with Crippen LogP contribution in [0.2, 0.25) is 0 Å². The van der Waals surface area contributed by atoms with E-state index in [1.54, 1.807) is 31.2 Å². The Bertz CT molecular complexity index is 668. The lowest BCUT2D eigenvalue weighted by molar-refractivity contribution is -0.142. The van der Waals surface area contributed by atoms with Crippen molar-refractivity contribution in [1.29, 1.82) is 0 Å². The van der Waals surface area contributed by atoms with Crippen LogP contribution >= 0.6 is 0 Å². The average Bonchev–Trinajstić information content (AvgIpc) is 2.70. The number of carboxylic acid groups (broad SMARTS) is 1. The topological polar surface area (TPSA) is 95.9 Å². The quantitative estimate of drug-likeness (QED) is 0.612. The zero-order chi connectivity index (χ0) is 17.2. The van der Waals surface area contributed by atoms with Crippen molar-refractivity contribution in [1.82, 2.24) is 10.2 Å². The van der Waals surface area contributed by atoms with E-state index in [0.29, 0.717) is 22.8 Å². The van der Waals surface area contributed by atoms with Gasteiger partial charge in [-0.15, -0.1) is 0 Å². The Kier molecular flexibility index (Phi) is 4.40. The highest BCUT2D eigenvalue weighted by atomic mass is 16.5. The Balaban J connectivity index is 2.20.